The second-order valence-electron chi connectivity index (χ2n) is 3.93. The molecule has 0 spiro atoms. The van der Waals surface area contributed by atoms with Crippen molar-refractivity contribution in [2.45, 2.75) is 32.9 Å². The van der Waals surface area contributed by atoms with Gasteiger partial charge >= 0.3 is 0 Å². The van der Waals surface area contributed by atoms with Crippen molar-refractivity contribution in [3.8, 4) is 0 Å². The number of aliphatic hydroxyl groups excluding tert-OH is 1. The fraction of sp³-hybridized carbons (Fsp3) is 0.700. The Kier molecular flexibility index (Phi) is 4.10. The van der Waals surface area contributed by atoms with Crippen LogP contribution in [-0.2, 0) is 6.54 Å². The zero-order chi connectivity index (χ0) is 10.6. The van der Waals surface area contributed by atoms with Gasteiger partial charge in [0.2, 0.25) is 0 Å². The van der Waals surface area contributed by atoms with Gasteiger partial charge in [-0.3, -0.25) is 4.68 Å². The first-order valence-electron chi connectivity index (χ1n) is 5.05. The topological polar surface area (TPSA) is 64.1 Å². The van der Waals surface area contributed by atoms with Crippen molar-refractivity contribution >= 4 is 0 Å². The van der Waals surface area contributed by atoms with Crippen molar-refractivity contribution in [1.29, 1.82) is 0 Å². The molecule has 1 atom stereocenters. The normalized spacial score (nSPS) is 13.5. The molecule has 0 aliphatic heterocycles. The van der Waals surface area contributed by atoms with Crippen molar-refractivity contribution in [1.82, 2.24) is 9.78 Å². The molecule has 1 aromatic heterocycles. The Balaban J connectivity index is 2.70. The zero-order valence-corrected chi connectivity index (χ0v) is 8.85. The quantitative estimate of drug-likeness (QED) is 0.737. The maximum Gasteiger partial charge on any atom is 0.0968 e. The summed E-state index contributed by atoms with van der Waals surface area (Å²) in [6, 6.07) is 1.85. The lowest BCUT2D eigenvalue weighted by Crippen LogP contribution is -2.15. The molecule has 0 bridgehead atoms. The smallest absolute Gasteiger partial charge is 0.0968 e. The van der Waals surface area contributed by atoms with Crippen molar-refractivity contribution in [3.05, 3.63) is 18.0 Å². The van der Waals surface area contributed by atoms with E-state index in [-0.39, 0.29) is 0 Å². The second kappa shape index (κ2) is 5.12. The van der Waals surface area contributed by atoms with Crippen LogP contribution in [0.2, 0.25) is 0 Å². The standard InChI is InChI=1S/C10H19N3O/c1-8(2)7-13-9(4-6-12-13)10(14)3-5-11/h4,6,8,10,14H,3,5,7,11H2,1-2H3/t10-/m1/s1. The summed E-state index contributed by atoms with van der Waals surface area (Å²) in [4.78, 5) is 0. The van der Waals surface area contributed by atoms with E-state index < -0.39 is 6.10 Å². The van der Waals surface area contributed by atoms with Gasteiger partial charge in [0.05, 0.1) is 11.8 Å². The molecule has 0 aliphatic rings. The molecule has 14 heavy (non-hydrogen) atoms. The summed E-state index contributed by atoms with van der Waals surface area (Å²) in [5.74, 6) is 0.527. The number of hydrogen-bond donors (Lipinski definition) is 2. The Labute approximate surface area is 84.7 Å². The summed E-state index contributed by atoms with van der Waals surface area (Å²) in [6.45, 7) is 5.58. The van der Waals surface area contributed by atoms with E-state index in [1.807, 2.05) is 10.7 Å². The Morgan fingerprint density at radius 3 is 2.86 bits per heavy atom. The Bertz CT molecular complexity index is 270. The van der Waals surface area contributed by atoms with Gasteiger partial charge in [0.25, 0.3) is 0 Å². The SMILES string of the molecule is CC(C)Cn1nccc1[C@H](O)CCN. The number of rotatable bonds is 5. The maximum atomic E-state index is 9.76. The van der Waals surface area contributed by atoms with Gasteiger partial charge in [-0.2, -0.15) is 5.10 Å². The van der Waals surface area contributed by atoms with Gasteiger partial charge in [-0.05, 0) is 24.9 Å². The van der Waals surface area contributed by atoms with E-state index in [4.69, 9.17) is 5.73 Å². The average Bonchev–Trinajstić information content (AvgIpc) is 2.51. The van der Waals surface area contributed by atoms with Crippen LogP contribution in [0.4, 0.5) is 0 Å². The van der Waals surface area contributed by atoms with Crippen molar-refractivity contribution in [3.63, 3.8) is 0 Å². The van der Waals surface area contributed by atoms with Crippen LogP contribution in [0.25, 0.3) is 0 Å². The van der Waals surface area contributed by atoms with E-state index in [2.05, 4.69) is 18.9 Å². The molecule has 80 valence electrons. The molecular formula is C10H19N3O. The molecule has 1 aromatic rings. The summed E-state index contributed by atoms with van der Waals surface area (Å²) in [5.41, 5.74) is 6.26. The second-order valence-corrected chi connectivity index (χ2v) is 3.93. The summed E-state index contributed by atoms with van der Waals surface area (Å²) in [6.07, 6.45) is 1.82. The van der Waals surface area contributed by atoms with Gasteiger partial charge in [-0.1, -0.05) is 13.8 Å². The van der Waals surface area contributed by atoms with Crippen LogP contribution in [-0.4, -0.2) is 21.4 Å². The zero-order valence-electron chi connectivity index (χ0n) is 8.85. The minimum absolute atomic E-state index is 0.485. The highest BCUT2D eigenvalue weighted by atomic mass is 16.3. The molecule has 0 saturated heterocycles. The molecule has 4 nitrogen and oxygen atoms in total. The highest BCUT2D eigenvalue weighted by Gasteiger charge is 2.12. The van der Waals surface area contributed by atoms with Crippen LogP contribution >= 0.6 is 0 Å². The van der Waals surface area contributed by atoms with E-state index in [0.717, 1.165) is 12.2 Å². The van der Waals surface area contributed by atoms with E-state index in [1.165, 1.54) is 0 Å². The van der Waals surface area contributed by atoms with Crippen molar-refractivity contribution in [2.24, 2.45) is 11.7 Å². The lowest BCUT2D eigenvalue weighted by atomic mass is 10.1. The summed E-state index contributed by atoms with van der Waals surface area (Å²) in [5, 5.41) is 13.9. The first-order valence-corrected chi connectivity index (χ1v) is 5.05. The molecule has 0 aromatic carbocycles. The molecule has 0 saturated carbocycles. The van der Waals surface area contributed by atoms with Crippen LogP contribution < -0.4 is 5.73 Å². The van der Waals surface area contributed by atoms with Gasteiger partial charge in [-0.15, -0.1) is 0 Å². The molecule has 3 N–H and O–H groups in total. The van der Waals surface area contributed by atoms with Crippen LogP contribution in [0.1, 0.15) is 32.1 Å². The fourth-order valence-corrected chi connectivity index (χ4v) is 1.43. The van der Waals surface area contributed by atoms with Crippen LogP contribution in [0.3, 0.4) is 0 Å². The number of nitrogens with zero attached hydrogens (tertiary/aromatic N) is 2. The molecule has 0 aliphatic carbocycles. The number of hydrogen-bond acceptors (Lipinski definition) is 3. The van der Waals surface area contributed by atoms with Crippen molar-refractivity contribution < 1.29 is 5.11 Å². The largest absolute Gasteiger partial charge is 0.387 e. The average molecular weight is 197 g/mol. The van der Waals surface area contributed by atoms with Gasteiger partial charge < -0.3 is 10.8 Å². The molecular weight excluding hydrogens is 178 g/mol. The van der Waals surface area contributed by atoms with Crippen LogP contribution in [0, 0.1) is 5.92 Å². The number of aliphatic hydroxyl groups is 1. The van der Waals surface area contributed by atoms with Gasteiger partial charge in [-0.25, -0.2) is 0 Å². The first kappa shape index (κ1) is 11.2. The number of aromatic nitrogens is 2. The predicted molar refractivity (Wildman–Crippen MR) is 55.7 cm³/mol. The highest BCUT2D eigenvalue weighted by Crippen LogP contribution is 2.16. The van der Waals surface area contributed by atoms with Crippen LogP contribution in [0.5, 0.6) is 0 Å². The molecule has 4 heteroatoms. The third-order valence-corrected chi connectivity index (χ3v) is 2.07. The van der Waals surface area contributed by atoms with E-state index in [1.54, 1.807) is 6.20 Å². The predicted octanol–water partition coefficient (Wildman–Crippen LogP) is 0.921. The first-order chi connectivity index (χ1) is 6.65. The lowest BCUT2D eigenvalue weighted by Gasteiger charge is -2.13. The van der Waals surface area contributed by atoms with Gasteiger partial charge in [0, 0.05) is 12.7 Å². The highest BCUT2D eigenvalue weighted by molar-refractivity contribution is 5.04. The van der Waals surface area contributed by atoms with Crippen molar-refractivity contribution in [2.75, 3.05) is 6.54 Å². The molecule has 0 radical (unpaired) electrons. The summed E-state index contributed by atoms with van der Waals surface area (Å²) in [7, 11) is 0. The van der Waals surface area contributed by atoms with E-state index >= 15 is 0 Å². The Morgan fingerprint density at radius 2 is 2.29 bits per heavy atom. The molecule has 0 unspecified atom stereocenters. The third kappa shape index (κ3) is 2.82. The number of nitrogens with two attached hydrogens (primary N) is 1. The minimum Gasteiger partial charge on any atom is -0.387 e. The summed E-state index contributed by atoms with van der Waals surface area (Å²) >= 11 is 0. The molecule has 0 amide bonds. The summed E-state index contributed by atoms with van der Waals surface area (Å²) < 4.78 is 1.85. The lowest BCUT2D eigenvalue weighted by molar-refractivity contribution is 0.157. The molecule has 0 fully saturated rings. The van der Waals surface area contributed by atoms with E-state index in [9.17, 15) is 5.11 Å². The minimum atomic E-state index is -0.485. The Morgan fingerprint density at radius 1 is 1.57 bits per heavy atom. The fourth-order valence-electron chi connectivity index (χ4n) is 1.43. The maximum absolute atomic E-state index is 9.76. The Hall–Kier alpha value is -0.870. The van der Waals surface area contributed by atoms with E-state index in [0.29, 0.717) is 18.9 Å². The van der Waals surface area contributed by atoms with Gasteiger partial charge in [0.15, 0.2) is 0 Å². The van der Waals surface area contributed by atoms with Crippen LogP contribution in [0.15, 0.2) is 12.3 Å². The third-order valence-electron chi connectivity index (χ3n) is 2.07. The van der Waals surface area contributed by atoms with Gasteiger partial charge in [0.1, 0.15) is 0 Å². The monoisotopic (exact) mass is 197 g/mol. The molecule has 1 heterocycles. The molecule has 1 rings (SSSR count).